The molecule has 2 atom stereocenters. The van der Waals surface area contributed by atoms with Gasteiger partial charge in [0.15, 0.2) is 0 Å². The monoisotopic (exact) mass is 579 g/mol. The first kappa shape index (κ1) is 31.9. The van der Waals surface area contributed by atoms with Crippen molar-refractivity contribution in [3.63, 3.8) is 0 Å². The van der Waals surface area contributed by atoms with Gasteiger partial charge in [-0.3, -0.25) is 4.68 Å². The Morgan fingerprint density at radius 3 is 2.39 bits per heavy atom. The number of ether oxygens (including phenoxy) is 1. The molecule has 224 valence electrons. The highest BCUT2D eigenvalue weighted by Crippen LogP contribution is 2.40. The van der Waals surface area contributed by atoms with Crippen LogP contribution in [-0.4, -0.2) is 50.8 Å². The van der Waals surface area contributed by atoms with E-state index in [0.29, 0.717) is 24.1 Å². The number of carbonyl (C=O) groups is 1. The number of aliphatic hydroxyl groups is 1. The number of nitrogens with one attached hydrogen (secondary N) is 2. The minimum Gasteiger partial charge on any atom is -0.450 e. The smallest absolute Gasteiger partial charge is 0.416 e. The summed E-state index contributed by atoms with van der Waals surface area (Å²) < 4.78 is 59.6. The van der Waals surface area contributed by atoms with E-state index in [9.17, 15) is 27.5 Å². The van der Waals surface area contributed by atoms with Crippen LogP contribution >= 0.6 is 0 Å². The largest absolute Gasteiger partial charge is 0.450 e. The Morgan fingerprint density at radius 1 is 1.07 bits per heavy atom. The van der Waals surface area contributed by atoms with Gasteiger partial charge in [0.05, 0.1) is 36.1 Å². The molecule has 0 aliphatic heterocycles. The van der Waals surface area contributed by atoms with Gasteiger partial charge in [0.2, 0.25) is 5.95 Å². The lowest BCUT2D eigenvalue weighted by Crippen LogP contribution is -2.68. The van der Waals surface area contributed by atoms with E-state index in [0.717, 1.165) is 18.6 Å². The third-order valence-electron chi connectivity index (χ3n) is 7.17. The van der Waals surface area contributed by atoms with Crippen LogP contribution in [0.25, 0.3) is 11.3 Å². The number of amides is 1. The summed E-state index contributed by atoms with van der Waals surface area (Å²) in [4.78, 5) is 16.8. The highest BCUT2D eigenvalue weighted by atomic mass is 19.4. The first-order valence-corrected chi connectivity index (χ1v) is 13.5. The fourth-order valence-electron chi connectivity index (χ4n) is 4.89. The number of rotatable bonds is 13. The second kappa shape index (κ2) is 13.3. The third kappa shape index (κ3) is 7.96. The molecule has 0 aliphatic carbocycles. The average molecular weight is 580 g/mol. The van der Waals surface area contributed by atoms with Gasteiger partial charge in [0.25, 0.3) is 0 Å². The Balaban J connectivity index is 1.98. The summed E-state index contributed by atoms with van der Waals surface area (Å²) in [5, 5.41) is 22.1. The van der Waals surface area contributed by atoms with Crippen molar-refractivity contribution < 1.29 is 32.2 Å². The number of anilines is 1. The number of aliphatic hydroxyl groups excluding tert-OH is 1. The Labute approximate surface area is 237 Å². The number of alkyl carbamates (subject to hydrolysis) is 1. The van der Waals surface area contributed by atoms with E-state index >= 15 is 0 Å². The topological polar surface area (TPSA) is 101 Å². The van der Waals surface area contributed by atoms with Crippen LogP contribution in [0.4, 0.5) is 28.2 Å². The lowest BCUT2D eigenvalue weighted by Gasteiger charge is -2.49. The molecule has 3 aromatic rings. The van der Waals surface area contributed by atoms with Gasteiger partial charge in [-0.05, 0) is 48.6 Å². The van der Waals surface area contributed by atoms with Crippen molar-refractivity contribution in [3.8, 4) is 11.3 Å². The van der Waals surface area contributed by atoms with Gasteiger partial charge in [0.1, 0.15) is 5.82 Å². The second-order valence-corrected chi connectivity index (χ2v) is 10.6. The van der Waals surface area contributed by atoms with E-state index in [2.05, 4.69) is 20.7 Å². The van der Waals surface area contributed by atoms with Crippen LogP contribution < -0.4 is 10.6 Å². The van der Waals surface area contributed by atoms with Crippen LogP contribution in [0.1, 0.15) is 52.5 Å². The molecule has 0 unspecified atom stereocenters. The van der Waals surface area contributed by atoms with E-state index in [-0.39, 0.29) is 25.5 Å². The Morgan fingerprint density at radius 2 is 1.78 bits per heavy atom. The molecule has 12 heteroatoms. The molecule has 0 fully saturated rings. The summed E-state index contributed by atoms with van der Waals surface area (Å²) in [6, 6.07) is 10.6. The summed E-state index contributed by atoms with van der Waals surface area (Å²) in [7, 11) is 0. The highest BCUT2D eigenvalue weighted by Gasteiger charge is 2.52. The van der Waals surface area contributed by atoms with Crippen molar-refractivity contribution >= 4 is 11.9 Å². The highest BCUT2D eigenvalue weighted by molar-refractivity contribution is 5.68. The number of hydrogen-bond donors (Lipinski definition) is 3. The molecule has 2 aromatic heterocycles. The summed E-state index contributed by atoms with van der Waals surface area (Å²) in [6.45, 7) is 7.77. The van der Waals surface area contributed by atoms with Crippen LogP contribution in [0.3, 0.4) is 0 Å². The van der Waals surface area contributed by atoms with Gasteiger partial charge in [-0.15, -0.1) is 0 Å². The number of aromatic nitrogens is 3. The molecule has 41 heavy (non-hydrogen) atoms. The van der Waals surface area contributed by atoms with Crippen LogP contribution in [-0.2, 0) is 17.5 Å². The minimum atomic E-state index is -4.45. The number of carbonyl (C=O) groups excluding carboxylic acids is 1. The van der Waals surface area contributed by atoms with Gasteiger partial charge >= 0.3 is 12.3 Å². The van der Waals surface area contributed by atoms with Crippen LogP contribution in [0.15, 0.2) is 54.7 Å². The van der Waals surface area contributed by atoms with Gasteiger partial charge in [-0.1, -0.05) is 52.3 Å². The van der Waals surface area contributed by atoms with E-state index in [1.165, 1.54) is 28.9 Å². The zero-order valence-corrected chi connectivity index (χ0v) is 23.6. The maximum atomic E-state index is 13.7. The molecule has 3 rings (SSSR count). The van der Waals surface area contributed by atoms with Gasteiger partial charge in [-0.2, -0.15) is 22.7 Å². The zero-order valence-electron chi connectivity index (χ0n) is 23.6. The first-order chi connectivity index (χ1) is 19.3. The fraction of sp³-hybridized carbons (Fsp3) is 0.483. The lowest BCUT2D eigenvalue weighted by atomic mass is 9.66. The molecule has 0 saturated carbocycles. The van der Waals surface area contributed by atoms with Crippen molar-refractivity contribution in [3.05, 3.63) is 66.2 Å². The molecule has 0 saturated heterocycles. The number of hydrogen-bond acceptors (Lipinski definition) is 6. The predicted octanol–water partition coefficient (Wildman–Crippen LogP) is 6.28. The molecule has 3 N–H and O–H groups in total. The van der Waals surface area contributed by atoms with Crippen molar-refractivity contribution in [1.82, 2.24) is 20.1 Å². The Bertz CT molecular complexity index is 1280. The van der Waals surface area contributed by atoms with Crippen LogP contribution in [0.5, 0.6) is 0 Å². The molecular formula is C29H37F4N5O3. The predicted molar refractivity (Wildman–Crippen MR) is 148 cm³/mol. The standard InChI is InChI=1S/C29H37F4N5O3/c1-5-15-27(3,4)28(36-26(40)41-17-6-2,23(39)18-34-25-9-7-8-24(30)35-25)19-38-16-14-22(37-38)20-10-12-21(13-11-20)29(31,32)33/h7-14,16,23,39H,5-6,15,17-19H2,1-4H3,(H,34,35)(H,36,40)/t23-,28-/m0/s1. The number of benzene rings is 1. The second-order valence-electron chi connectivity index (χ2n) is 10.6. The molecule has 8 nitrogen and oxygen atoms in total. The van der Waals surface area contributed by atoms with Gasteiger partial charge < -0.3 is 20.5 Å². The van der Waals surface area contributed by atoms with E-state index in [4.69, 9.17) is 4.74 Å². The minimum absolute atomic E-state index is 0.00128. The molecule has 0 spiro atoms. The van der Waals surface area contributed by atoms with Crippen molar-refractivity contribution in [2.24, 2.45) is 5.41 Å². The van der Waals surface area contributed by atoms with Crippen molar-refractivity contribution in [2.75, 3.05) is 18.5 Å². The fourth-order valence-corrected chi connectivity index (χ4v) is 4.89. The van der Waals surface area contributed by atoms with Crippen LogP contribution in [0, 0.1) is 11.4 Å². The summed E-state index contributed by atoms with van der Waals surface area (Å²) in [6.07, 6.45) is -2.83. The molecule has 1 amide bonds. The maximum Gasteiger partial charge on any atom is 0.416 e. The summed E-state index contributed by atoms with van der Waals surface area (Å²) in [5.74, 6) is -0.473. The molecule has 0 radical (unpaired) electrons. The normalized spacial score (nSPS) is 14.3. The number of nitrogens with zero attached hydrogens (tertiary/aromatic N) is 3. The van der Waals surface area contributed by atoms with Crippen molar-refractivity contribution in [2.45, 2.75) is 71.3 Å². The number of halogens is 4. The molecule has 0 aliphatic rings. The Kier molecular flexibility index (Phi) is 10.4. The zero-order chi connectivity index (χ0) is 30.3. The molecule has 0 bridgehead atoms. The SMILES string of the molecule is CCCOC(=O)N[C@@](Cn1ccc(-c2ccc(C(F)(F)F)cc2)n1)([C@@H](O)CNc1cccc(F)n1)C(C)(C)CCC. The quantitative estimate of drug-likeness (QED) is 0.163. The number of alkyl halides is 3. The first-order valence-electron chi connectivity index (χ1n) is 13.5. The lowest BCUT2D eigenvalue weighted by molar-refractivity contribution is -0.137. The molecular weight excluding hydrogens is 542 g/mol. The summed E-state index contributed by atoms with van der Waals surface area (Å²) in [5.41, 5.74) is -1.93. The maximum absolute atomic E-state index is 13.7. The van der Waals surface area contributed by atoms with Gasteiger partial charge in [-0.25, -0.2) is 9.78 Å². The number of pyridine rings is 1. The van der Waals surface area contributed by atoms with E-state index in [1.807, 2.05) is 27.7 Å². The van der Waals surface area contributed by atoms with Crippen molar-refractivity contribution in [1.29, 1.82) is 0 Å². The third-order valence-corrected chi connectivity index (χ3v) is 7.17. The average Bonchev–Trinajstić information content (AvgIpc) is 3.38. The Hall–Kier alpha value is -3.67. The molecule has 2 heterocycles. The van der Waals surface area contributed by atoms with Gasteiger partial charge in [0, 0.05) is 18.3 Å². The molecule has 1 aromatic carbocycles. The van der Waals surface area contributed by atoms with Crippen LogP contribution in [0.2, 0.25) is 0 Å². The van der Waals surface area contributed by atoms with E-state index < -0.39 is 40.8 Å². The van der Waals surface area contributed by atoms with E-state index in [1.54, 1.807) is 18.3 Å². The summed E-state index contributed by atoms with van der Waals surface area (Å²) >= 11 is 0.